The number of hydrogen-bond acceptors (Lipinski definition) is 6. The largest absolute Gasteiger partial charge is 0.419 e. The molecular formula is C31H33ClN4O5S. The van der Waals surface area contributed by atoms with Crippen molar-refractivity contribution in [2.24, 2.45) is 13.0 Å². The minimum absolute atomic E-state index is 0.00168. The summed E-state index contributed by atoms with van der Waals surface area (Å²) in [5.74, 6) is -0.951. The van der Waals surface area contributed by atoms with Crippen LogP contribution in [-0.2, 0) is 21.9 Å². The lowest BCUT2D eigenvalue weighted by atomic mass is 9.95. The molecule has 2 atom stereocenters. The van der Waals surface area contributed by atoms with E-state index in [9.17, 15) is 18.0 Å². The summed E-state index contributed by atoms with van der Waals surface area (Å²) in [5, 5.41) is 0.691. The zero-order valence-corrected chi connectivity index (χ0v) is 24.9. The predicted octanol–water partition coefficient (Wildman–Crippen LogP) is 4.12. The lowest BCUT2D eigenvalue weighted by molar-refractivity contribution is -0.138. The minimum Gasteiger partial charge on any atom is -0.408 e. The average Bonchev–Trinajstić information content (AvgIpc) is 3.31. The Morgan fingerprint density at radius 1 is 0.929 bits per heavy atom. The van der Waals surface area contributed by atoms with Gasteiger partial charge >= 0.3 is 5.76 Å². The van der Waals surface area contributed by atoms with Crippen molar-refractivity contribution in [3.63, 3.8) is 0 Å². The summed E-state index contributed by atoms with van der Waals surface area (Å²) >= 11 is 6.16. The zero-order chi connectivity index (χ0) is 29.4. The number of rotatable bonds is 6. The van der Waals surface area contributed by atoms with E-state index in [1.54, 1.807) is 13.1 Å². The molecule has 0 N–H and O–H groups in total. The number of oxazole rings is 1. The van der Waals surface area contributed by atoms with Gasteiger partial charge in [-0.15, -0.1) is 0 Å². The summed E-state index contributed by atoms with van der Waals surface area (Å²) in [7, 11) is -2.29. The maximum atomic E-state index is 13.6. The molecule has 2 saturated heterocycles. The van der Waals surface area contributed by atoms with E-state index in [0.29, 0.717) is 56.1 Å². The van der Waals surface area contributed by atoms with E-state index in [1.165, 1.54) is 26.6 Å². The molecule has 2 aliphatic heterocycles. The van der Waals surface area contributed by atoms with Crippen molar-refractivity contribution in [1.82, 2.24) is 18.7 Å². The fourth-order valence-corrected chi connectivity index (χ4v) is 7.80. The third-order valence-electron chi connectivity index (χ3n) is 8.43. The van der Waals surface area contributed by atoms with Crippen LogP contribution < -0.4 is 5.76 Å². The van der Waals surface area contributed by atoms with Crippen molar-refractivity contribution in [3.05, 3.63) is 99.5 Å². The van der Waals surface area contributed by atoms with Crippen LogP contribution in [0.25, 0.3) is 11.1 Å². The number of nitrogens with zero attached hydrogens (tertiary/aromatic N) is 4. The van der Waals surface area contributed by atoms with Gasteiger partial charge in [0.25, 0.3) is 0 Å². The Kier molecular flexibility index (Phi) is 7.97. The summed E-state index contributed by atoms with van der Waals surface area (Å²) in [4.78, 5) is 29.8. The molecule has 1 aromatic heterocycles. The first-order valence-corrected chi connectivity index (χ1v) is 16.0. The molecule has 0 unspecified atom stereocenters. The molecule has 4 aromatic rings. The Morgan fingerprint density at radius 3 is 2.33 bits per heavy atom. The number of carbonyl (C=O) groups is 1. The number of amides is 1. The van der Waals surface area contributed by atoms with Crippen LogP contribution in [0.2, 0.25) is 5.02 Å². The van der Waals surface area contributed by atoms with Crippen molar-refractivity contribution >= 4 is 38.6 Å². The Balaban J connectivity index is 1.14. The minimum atomic E-state index is -3.86. The van der Waals surface area contributed by atoms with Gasteiger partial charge in [-0.25, -0.2) is 13.2 Å². The number of piperazine rings is 1. The van der Waals surface area contributed by atoms with Crippen molar-refractivity contribution < 1.29 is 17.6 Å². The fraction of sp³-hybridized carbons (Fsp3) is 0.355. The van der Waals surface area contributed by atoms with E-state index in [1.807, 2.05) is 35.2 Å². The lowest BCUT2D eigenvalue weighted by Crippen LogP contribution is -2.53. The fourth-order valence-electron chi connectivity index (χ4n) is 6.14. The van der Waals surface area contributed by atoms with Crippen LogP contribution >= 0.6 is 11.6 Å². The van der Waals surface area contributed by atoms with Gasteiger partial charge in [-0.05, 0) is 48.2 Å². The number of halogens is 1. The van der Waals surface area contributed by atoms with Gasteiger partial charge < -0.3 is 9.32 Å². The molecule has 2 aliphatic rings. The number of sulfonamides is 1. The normalized spacial score (nSPS) is 19.7. The van der Waals surface area contributed by atoms with E-state index >= 15 is 0 Å². The number of benzene rings is 3. The molecule has 220 valence electrons. The highest BCUT2D eigenvalue weighted by atomic mass is 35.5. The monoisotopic (exact) mass is 608 g/mol. The van der Waals surface area contributed by atoms with Gasteiger partial charge in [-0.2, -0.15) is 4.31 Å². The maximum Gasteiger partial charge on any atom is 0.419 e. The predicted molar refractivity (Wildman–Crippen MR) is 161 cm³/mol. The van der Waals surface area contributed by atoms with Crippen LogP contribution in [0.4, 0.5) is 0 Å². The standard InChI is InChI=1S/C31H33ClN4O5S/c1-33-27-14-13-26(20-28(27)41-31(33)38)42(39,40)36-15-5-8-24(21-36)30(37)35-18-16-34(17-19-35)29(22-6-3-2-4-7-22)23-9-11-25(32)12-10-23/h2-4,6-7,9-14,20,24,29H,5,8,15-19,21H2,1H3/t24-,29+/m1/s1. The number of hydrogen-bond donors (Lipinski definition) is 0. The molecule has 0 aliphatic carbocycles. The highest BCUT2D eigenvalue weighted by Gasteiger charge is 2.37. The van der Waals surface area contributed by atoms with Gasteiger partial charge in [0.1, 0.15) is 0 Å². The van der Waals surface area contributed by atoms with Gasteiger partial charge in [0.05, 0.1) is 22.4 Å². The summed E-state index contributed by atoms with van der Waals surface area (Å²) in [6.07, 6.45) is 1.25. The molecule has 9 nitrogen and oxygen atoms in total. The second-order valence-corrected chi connectivity index (χ2v) is 13.4. The highest BCUT2D eigenvalue weighted by Crippen LogP contribution is 2.32. The molecule has 3 aromatic carbocycles. The number of aryl methyl sites for hydroxylation is 1. The average molecular weight is 609 g/mol. The zero-order valence-electron chi connectivity index (χ0n) is 23.4. The second-order valence-electron chi connectivity index (χ2n) is 11.0. The van der Waals surface area contributed by atoms with Crippen LogP contribution in [0.15, 0.2) is 86.9 Å². The van der Waals surface area contributed by atoms with Crippen molar-refractivity contribution in [2.45, 2.75) is 23.8 Å². The van der Waals surface area contributed by atoms with E-state index in [-0.39, 0.29) is 29.0 Å². The highest BCUT2D eigenvalue weighted by molar-refractivity contribution is 7.89. The Hall–Kier alpha value is -3.44. The molecule has 6 rings (SSSR count). The molecule has 0 saturated carbocycles. The van der Waals surface area contributed by atoms with Gasteiger partial charge in [0, 0.05) is 57.4 Å². The Labute approximate surface area is 249 Å². The molecule has 0 bridgehead atoms. The molecule has 3 heterocycles. The van der Waals surface area contributed by atoms with Crippen molar-refractivity contribution in [1.29, 1.82) is 0 Å². The molecule has 1 amide bonds. The van der Waals surface area contributed by atoms with Crippen LogP contribution in [0.5, 0.6) is 0 Å². The third-order valence-corrected chi connectivity index (χ3v) is 10.5. The van der Waals surface area contributed by atoms with Gasteiger partial charge in [-0.1, -0.05) is 54.1 Å². The van der Waals surface area contributed by atoms with Crippen LogP contribution in [-0.4, -0.2) is 72.3 Å². The van der Waals surface area contributed by atoms with Gasteiger partial charge in [-0.3, -0.25) is 14.3 Å². The maximum absolute atomic E-state index is 13.6. The first-order valence-electron chi connectivity index (χ1n) is 14.2. The molecular weight excluding hydrogens is 576 g/mol. The molecule has 11 heteroatoms. The van der Waals surface area contributed by atoms with E-state index < -0.39 is 21.7 Å². The Morgan fingerprint density at radius 2 is 1.62 bits per heavy atom. The molecule has 2 fully saturated rings. The first-order chi connectivity index (χ1) is 20.2. The summed E-state index contributed by atoms with van der Waals surface area (Å²) in [6, 6.07) is 22.7. The number of aromatic nitrogens is 1. The van der Waals surface area contributed by atoms with E-state index in [4.69, 9.17) is 16.0 Å². The number of carbonyl (C=O) groups excluding carboxylic acids is 1. The van der Waals surface area contributed by atoms with Crippen molar-refractivity contribution in [3.8, 4) is 0 Å². The summed E-state index contributed by atoms with van der Waals surface area (Å²) in [5.41, 5.74) is 3.07. The van der Waals surface area contributed by atoms with Crippen LogP contribution in [0.3, 0.4) is 0 Å². The topological polar surface area (TPSA) is 96.1 Å². The lowest BCUT2D eigenvalue weighted by Gasteiger charge is -2.41. The number of piperidine rings is 1. The van der Waals surface area contributed by atoms with Gasteiger partial charge in [0.15, 0.2) is 5.58 Å². The van der Waals surface area contributed by atoms with E-state index in [0.717, 1.165) is 5.56 Å². The molecule has 0 radical (unpaired) electrons. The third kappa shape index (κ3) is 5.51. The Bertz CT molecular complexity index is 1750. The summed E-state index contributed by atoms with van der Waals surface area (Å²) < 4.78 is 35.0. The molecule has 42 heavy (non-hydrogen) atoms. The quantitative estimate of drug-likeness (QED) is 0.327. The summed E-state index contributed by atoms with van der Waals surface area (Å²) in [6.45, 7) is 3.02. The first kappa shape index (κ1) is 28.7. The van der Waals surface area contributed by atoms with E-state index in [2.05, 4.69) is 29.2 Å². The smallest absolute Gasteiger partial charge is 0.408 e. The van der Waals surface area contributed by atoms with Crippen LogP contribution in [0, 0.1) is 5.92 Å². The SMILES string of the molecule is Cn1c(=O)oc2cc(S(=O)(=O)N3CCC[C@@H](C(=O)N4CCN([C@@H](c5ccccc5)c5ccc(Cl)cc5)CC4)C3)ccc21. The number of fused-ring (bicyclic) bond motifs is 1. The van der Waals surface area contributed by atoms with Crippen LogP contribution in [0.1, 0.15) is 30.0 Å². The second kappa shape index (κ2) is 11.7. The van der Waals surface area contributed by atoms with Crippen molar-refractivity contribution in [2.75, 3.05) is 39.3 Å². The van der Waals surface area contributed by atoms with Gasteiger partial charge in [0.2, 0.25) is 15.9 Å². The molecule has 0 spiro atoms.